The first kappa shape index (κ1) is 22.6. The second-order valence-corrected chi connectivity index (χ2v) is 7.12. The van der Waals surface area contributed by atoms with Gasteiger partial charge in [-0.1, -0.05) is 35.9 Å². The van der Waals surface area contributed by atoms with Gasteiger partial charge < -0.3 is 14.8 Å². The van der Waals surface area contributed by atoms with Crippen molar-refractivity contribution in [3.05, 3.63) is 100 Å². The van der Waals surface area contributed by atoms with Crippen LogP contribution in [0.1, 0.15) is 21.5 Å². The Balaban J connectivity index is 1.66. The SMILES string of the molecule is COC(=O)c1ccc(COc2cccc(C=C(C#N)C(=O)Nc3ccc(Cl)cc3)c2)cc1. The van der Waals surface area contributed by atoms with Crippen molar-refractivity contribution in [1.82, 2.24) is 0 Å². The number of hydrogen-bond acceptors (Lipinski definition) is 5. The molecule has 3 aromatic carbocycles. The Kier molecular flexibility index (Phi) is 7.63. The van der Waals surface area contributed by atoms with Gasteiger partial charge in [0.2, 0.25) is 0 Å². The van der Waals surface area contributed by atoms with Crippen molar-refractivity contribution in [2.24, 2.45) is 0 Å². The van der Waals surface area contributed by atoms with E-state index in [4.69, 9.17) is 16.3 Å². The van der Waals surface area contributed by atoms with Crippen LogP contribution < -0.4 is 10.1 Å². The Hall–Kier alpha value is -4.08. The number of amides is 1. The van der Waals surface area contributed by atoms with Crippen molar-refractivity contribution in [2.45, 2.75) is 6.61 Å². The molecule has 32 heavy (non-hydrogen) atoms. The van der Waals surface area contributed by atoms with Crippen LogP contribution in [0.2, 0.25) is 5.02 Å². The smallest absolute Gasteiger partial charge is 0.337 e. The maximum atomic E-state index is 12.4. The Morgan fingerprint density at radius 1 is 1.06 bits per heavy atom. The van der Waals surface area contributed by atoms with E-state index in [-0.39, 0.29) is 12.2 Å². The molecule has 0 heterocycles. The van der Waals surface area contributed by atoms with E-state index < -0.39 is 11.9 Å². The second kappa shape index (κ2) is 10.8. The van der Waals surface area contributed by atoms with Gasteiger partial charge in [-0.3, -0.25) is 4.79 Å². The highest BCUT2D eigenvalue weighted by atomic mass is 35.5. The molecule has 0 saturated carbocycles. The first-order chi connectivity index (χ1) is 15.5. The van der Waals surface area contributed by atoms with Crippen molar-refractivity contribution < 1.29 is 19.1 Å². The third-order valence-corrected chi connectivity index (χ3v) is 4.67. The Morgan fingerprint density at radius 3 is 2.44 bits per heavy atom. The van der Waals surface area contributed by atoms with Gasteiger partial charge in [0.25, 0.3) is 5.91 Å². The summed E-state index contributed by atoms with van der Waals surface area (Å²) in [6, 6.07) is 22.5. The van der Waals surface area contributed by atoms with Crippen LogP contribution in [0.3, 0.4) is 0 Å². The molecule has 0 radical (unpaired) electrons. The molecule has 1 amide bonds. The number of ether oxygens (including phenoxy) is 2. The highest BCUT2D eigenvalue weighted by molar-refractivity contribution is 6.30. The quantitative estimate of drug-likeness (QED) is 0.304. The summed E-state index contributed by atoms with van der Waals surface area (Å²) in [5.41, 5.74) is 2.47. The summed E-state index contributed by atoms with van der Waals surface area (Å²) >= 11 is 5.84. The van der Waals surface area contributed by atoms with Crippen LogP contribution in [-0.2, 0) is 16.1 Å². The van der Waals surface area contributed by atoms with E-state index >= 15 is 0 Å². The fraction of sp³-hybridized carbons (Fsp3) is 0.0800. The fourth-order valence-corrected chi connectivity index (χ4v) is 2.89. The maximum Gasteiger partial charge on any atom is 0.337 e. The van der Waals surface area contributed by atoms with Crippen LogP contribution in [-0.4, -0.2) is 19.0 Å². The summed E-state index contributed by atoms with van der Waals surface area (Å²) in [5.74, 6) is -0.344. The molecule has 0 spiro atoms. The zero-order valence-electron chi connectivity index (χ0n) is 17.2. The summed E-state index contributed by atoms with van der Waals surface area (Å²) in [6.07, 6.45) is 1.49. The molecule has 3 rings (SSSR count). The van der Waals surface area contributed by atoms with E-state index in [1.54, 1.807) is 72.8 Å². The molecular formula is C25H19ClN2O4. The van der Waals surface area contributed by atoms with Gasteiger partial charge in [-0.25, -0.2) is 4.79 Å². The number of nitriles is 1. The Labute approximate surface area is 190 Å². The lowest BCUT2D eigenvalue weighted by molar-refractivity contribution is -0.112. The average Bonchev–Trinajstić information content (AvgIpc) is 2.82. The number of halogens is 1. The van der Waals surface area contributed by atoms with Crippen molar-refractivity contribution in [3.8, 4) is 11.8 Å². The number of benzene rings is 3. The molecular weight excluding hydrogens is 428 g/mol. The van der Waals surface area contributed by atoms with Crippen molar-refractivity contribution in [3.63, 3.8) is 0 Å². The molecule has 0 aromatic heterocycles. The predicted molar refractivity (Wildman–Crippen MR) is 122 cm³/mol. The second-order valence-electron chi connectivity index (χ2n) is 6.68. The number of nitrogens with zero attached hydrogens (tertiary/aromatic N) is 1. The van der Waals surface area contributed by atoms with Gasteiger partial charge in [0.05, 0.1) is 12.7 Å². The summed E-state index contributed by atoms with van der Waals surface area (Å²) in [7, 11) is 1.33. The van der Waals surface area contributed by atoms with Crippen molar-refractivity contribution in [1.29, 1.82) is 5.26 Å². The number of rotatable bonds is 7. The average molecular weight is 447 g/mol. The molecule has 0 saturated heterocycles. The van der Waals surface area contributed by atoms with Crippen LogP contribution in [0.15, 0.2) is 78.4 Å². The van der Waals surface area contributed by atoms with Crippen LogP contribution in [0.5, 0.6) is 5.75 Å². The number of carbonyl (C=O) groups is 2. The summed E-state index contributed by atoms with van der Waals surface area (Å²) in [6.45, 7) is 0.288. The van der Waals surface area contributed by atoms with Crippen molar-refractivity contribution in [2.75, 3.05) is 12.4 Å². The first-order valence-corrected chi connectivity index (χ1v) is 9.95. The highest BCUT2D eigenvalue weighted by Crippen LogP contribution is 2.19. The summed E-state index contributed by atoms with van der Waals surface area (Å²) in [5, 5.41) is 12.6. The van der Waals surface area contributed by atoms with Crippen LogP contribution >= 0.6 is 11.6 Å². The van der Waals surface area contributed by atoms with E-state index in [0.29, 0.717) is 27.6 Å². The fourth-order valence-electron chi connectivity index (χ4n) is 2.76. The van der Waals surface area contributed by atoms with E-state index in [2.05, 4.69) is 10.1 Å². The number of esters is 1. The van der Waals surface area contributed by atoms with Crippen LogP contribution in [0.25, 0.3) is 6.08 Å². The maximum absolute atomic E-state index is 12.4. The third-order valence-electron chi connectivity index (χ3n) is 4.42. The molecule has 0 aliphatic heterocycles. The molecule has 0 atom stereocenters. The molecule has 6 nitrogen and oxygen atoms in total. The topological polar surface area (TPSA) is 88.4 Å². The van der Waals surface area contributed by atoms with Gasteiger partial charge >= 0.3 is 5.97 Å². The largest absolute Gasteiger partial charge is 0.489 e. The normalized spacial score (nSPS) is 10.7. The minimum Gasteiger partial charge on any atom is -0.489 e. The van der Waals surface area contributed by atoms with Gasteiger partial charge in [-0.05, 0) is 65.7 Å². The predicted octanol–water partition coefficient (Wildman–Crippen LogP) is 5.25. The van der Waals surface area contributed by atoms with Gasteiger partial charge in [-0.15, -0.1) is 0 Å². The van der Waals surface area contributed by atoms with E-state index in [1.165, 1.54) is 13.2 Å². The molecule has 7 heteroatoms. The monoisotopic (exact) mass is 446 g/mol. The molecule has 0 unspecified atom stereocenters. The number of anilines is 1. The molecule has 0 fully saturated rings. The Morgan fingerprint density at radius 2 is 1.78 bits per heavy atom. The van der Waals surface area contributed by atoms with Crippen LogP contribution in [0.4, 0.5) is 5.69 Å². The van der Waals surface area contributed by atoms with Gasteiger partial charge in [0.1, 0.15) is 24.0 Å². The van der Waals surface area contributed by atoms with E-state index in [1.807, 2.05) is 6.07 Å². The number of carbonyl (C=O) groups excluding carboxylic acids is 2. The molecule has 0 aliphatic carbocycles. The van der Waals surface area contributed by atoms with Gasteiger partial charge in [0, 0.05) is 10.7 Å². The summed E-state index contributed by atoms with van der Waals surface area (Å²) < 4.78 is 10.5. The molecule has 3 aromatic rings. The molecule has 160 valence electrons. The highest BCUT2D eigenvalue weighted by Gasteiger charge is 2.10. The number of nitrogens with one attached hydrogen (secondary N) is 1. The van der Waals surface area contributed by atoms with Gasteiger partial charge in [0.15, 0.2) is 0 Å². The third kappa shape index (κ3) is 6.21. The minimum atomic E-state index is -0.521. The zero-order valence-corrected chi connectivity index (χ0v) is 17.9. The molecule has 0 aliphatic rings. The lowest BCUT2D eigenvalue weighted by atomic mass is 10.1. The van der Waals surface area contributed by atoms with Crippen molar-refractivity contribution >= 4 is 35.2 Å². The number of methoxy groups -OCH3 is 1. The number of hydrogen-bond donors (Lipinski definition) is 1. The van der Waals surface area contributed by atoms with Crippen LogP contribution in [0, 0.1) is 11.3 Å². The Bertz CT molecular complexity index is 1180. The summed E-state index contributed by atoms with van der Waals surface area (Å²) in [4.78, 5) is 23.9. The van der Waals surface area contributed by atoms with E-state index in [0.717, 1.165) is 5.56 Å². The first-order valence-electron chi connectivity index (χ1n) is 9.57. The lowest BCUT2D eigenvalue weighted by Gasteiger charge is -2.08. The zero-order chi connectivity index (χ0) is 22.9. The minimum absolute atomic E-state index is 0.0458. The standard InChI is InChI=1S/C25H19ClN2O4/c1-31-25(30)19-7-5-17(6-8-19)16-32-23-4-2-3-18(14-23)13-20(15-27)24(29)28-22-11-9-21(26)10-12-22/h2-14H,16H2,1H3,(H,28,29). The molecule has 1 N–H and O–H groups in total. The van der Waals surface area contributed by atoms with Gasteiger partial charge in [-0.2, -0.15) is 5.26 Å². The van der Waals surface area contributed by atoms with E-state index in [9.17, 15) is 14.9 Å². The molecule has 0 bridgehead atoms. The lowest BCUT2D eigenvalue weighted by Crippen LogP contribution is -2.13.